The predicted molar refractivity (Wildman–Crippen MR) is 81.4 cm³/mol. The summed E-state index contributed by atoms with van der Waals surface area (Å²) >= 11 is 1.88. The third kappa shape index (κ3) is 2.76. The van der Waals surface area contributed by atoms with Gasteiger partial charge in [-0.25, -0.2) is 4.31 Å². The molecule has 1 aromatic carbocycles. The number of fused-ring (bicyclic) bond motifs is 1. The highest BCUT2D eigenvalue weighted by Crippen LogP contribution is 2.31. The van der Waals surface area contributed by atoms with Gasteiger partial charge in [-0.2, -0.15) is 0 Å². The molecule has 1 aromatic heterocycles. The largest absolute Gasteiger partial charge is 0.304 e. The molecule has 100 valence electrons. The van der Waals surface area contributed by atoms with Gasteiger partial charge in [-0.05, 0) is 43.4 Å². The minimum Gasteiger partial charge on any atom is -0.304 e. The topological polar surface area (TPSA) is 19.4 Å². The van der Waals surface area contributed by atoms with Crippen LogP contribution in [0.5, 0.6) is 0 Å². The number of piperazine rings is 1. The minimum absolute atomic E-state index is 1.11. The Morgan fingerprint density at radius 3 is 2.63 bits per heavy atom. The molecule has 0 amide bonds. The van der Waals surface area contributed by atoms with Crippen LogP contribution in [0.25, 0.3) is 10.8 Å². The molecule has 0 saturated carbocycles. The molecule has 0 aliphatic carbocycles. The van der Waals surface area contributed by atoms with E-state index in [9.17, 15) is 0 Å². The fourth-order valence-corrected chi connectivity index (χ4v) is 3.46. The standard InChI is InChI=1S/C15H19N3S/c1-12-13-4-3-5-15(14(13)6-7-16-12)19-18-10-8-17(2)9-11-18/h3-7H,8-11H2,1-2H3. The lowest BCUT2D eigenvalue weighted by molar-refractivity contribution is 0.233. The van der Waals surface area contributed by atoms with Crippen LogP contribution >= 0.6 is 11.9 Å². The van der Waals surface area contributed by atoms with Gasteiger partial charge in [0.05, 0.1) is 0 Å². The van der Waals surface area contributed by atoms with Crippen molar-refractivity contribution >= 4 is 22.7 Å². The van der Waals surface area contributed by atoms with Crippen molar-refractivity contribution in [2.45, 2.75) is 11.8 Å². The van der Waals surface area contributed by atoms with E-state index in [0.29, 0.717) is 0 Å². The van der Waals surface area contributed by atoms with Crippen molar-refractivity contribution in [2.75, 3.05) is 33.2 Å². The molecular weight excluding hydrogens is 254 g/mol. The highest BCUT2D eigenvalue weighted by atomic mass is 32.2. The summed E-state index contributed by atoms with van der Waals surface area (Å²) in [5.74, 6) is 0. The van der Waals surface area contributed by atoms with Crippen LogP contribution in [-0.2, 0) is 0 Å². The second kappa shape index (κ2) is 5.49. The van der Waals surface area contributed by atoms with E-state index in [4.69, 9.17) is 0 Å². The van der Waals surface area contributed by atoms with Gasteiger partial charge in [0.15, 0.2) is 0 Å². The van der Waals surface area contributed by atoms with E-state index in [1.54, 1.807) is 0 Å². The van der Waals surface area contributed by atoms with Gasteiger partial charge in [-0.15, -0.1) is 0 Å². The highest BCUT2D eigenvalue weighted by Gasteiger charge is 2.15. The Labute approximate surface area is 118 Å². The molecule has 0 atom stereocenters. The second-order valence-corrected chi connectivity index (χ2v) is 6.21. The van der Waals surface area contributed by atoms with Crippen LogP contribution < -0.4 is 0 Å². The zero-order valence-corrected chi connectivity index (χ0v) is 12.3. The third-order valence-corrected chi connectivity index (χ3v) is 4.83. The molecule has 1 aliphatic rings. The lowest BCUT2D eigenvalue weighted by atomic mass is 10.1. The predicted octanol–water partition coefficient (Wildman–Crippen LogP) is 2.80. The van der Waals surface area contributed by atoms with E-state index in [-0.39, 0.29) is 0 Å². The van der Waals surface area contributed by atoms with Crippen LogP contribution in [0.1, 0.15) is 5.69 Å². The van der Waals surface area contributed by atoms with Crippen LogP contribution in [0.3, 0.4) is 0 Å². The first kappa shape index (κ1) is 12.9. The summed E-state index contributed by atoms with van der Waals surface area (Å²) in [6, 6.07) is 8.63. The Kier molecular flexibility index (Phi) is 3.73. The SMILES string of the molecule is Cc1nccc2c(SN3CCN(C)CC3)cccc12. The van der Waals surface area contributed by atoms with Gasteiger partial charge in [0.2, 0.25) is 0 Å². The second-order valence-electron chi connectivity index (χ2n) is 5.07. The summed E-state index contributed by atoms with van der Waals surface area (Å²) in [5.41, 5.74) is 1.11. The lowest BCUT2D eigenvalue weighted by Crippen LogP contribution is -2.40. The van der Waals surface area contributed by atoms with Crippen LogP contribution in [0.2, 0.25) is 0 Å². The number of benzene rings is 1. The molecule has 1 saturated heterocycles. The van der Waals surface area contributed by atoms with Crippen LogP contribution in [0.15, 0.2) is 35.4 Å². The smallest absolute Gasteiger partial charge is 0.0451 e. The molecule has 0 bridgehead atoms. The quantitative estimate of drug-likeness (QED) is 0.783. The molecule has 4 heteroatoms. The van der Waals surface area contributed by atoms with Crippen molar-refractivity contribution in [1.29, 1.82) is 0 Å². The summed E-state index contributed by atoms with van der Waals surface area (Å²) < 4.78 is 2.46. The molecular formula is C15H19N3S. The van der Waals surface area contributed by atoms with Gasteiger partial charge in [0, 0.05) is 48.4 Å². The number of aromatic nitrogens is 1. The monoisotopic (exact) mass is 273 g/mol. The first-order valence-corrected chi connectivity index (χ1v) is 7.47. The zero-order valence-electron chi connectivity index (χ0n) is 11.5. The Hall–Kier alpha value is -1.10. The number of nitrogens with zero attached hydrogens (tertiary/aromatic N) is 3. The molecule has 1 aliphatic heterocycles. The fraction of sp³-hybridized carbons (Fsp3) is 0.400. The minimum atomic E-state index is 1.11. The van der Waals surface area contributed by atoms with E-state index >= 15 is 0 Å². The molecule has 1 fully saturated rings. The lowest BCUT2D eigenvalue weighted by Gasteiger charge is -2.31. The molecule has 3 rings (SSSR count). The van der Waals surface area contributed by atoms with Crippen molar-refractivity contribution in [3.8, 4) is 0 Å². The third-order valence-electron chi connectivity index (χ3n) is 3.65. The van der Waals surface area contributed by atoms with E-state index in [0.717, 1.165) is 31.9 Å². The van der Waals surface area contributed by atoms with Gasteiger partial charge >= 0.3 is 0 Å². The number of rotatable bonds is 2. The molecule has 3 nitrogen and oxygen atoms in total. The van der Waals surface area contributed by atoms with Gasteiger partial charge in [0.25, 0.3) is 0 Å². The molecule has 19 heavy (non-hydrogen) atoms. The number of aryl methyl sites for hydroxylation is 1. The average Bonchev–Trinajstić information content (AvgIpc) is 2.43. The number of hydrogen-bond acceptors (Lipinski definition) is 4. The first-order chi connectivity index (χ1) is 9.24. The van der Waals surface area contributed by atoms with Gasteiger partial charge < -0.3 is 4.90 Å². The summed E-state index contributed by atoms with van der Waals surface area (Å²) in [4.78, 5) is 8.10. The normalized spacial score (nSPS) is 18.0. The molecule has 2 heterocycles. The Balaban J connectivity index is 1.87. The van der Waals surface area contributed by atoms with Gasteiger partial charge in [-0.1, -0.05) is 12.1 Å². The maximum absolute atomic E-state index is 4.38. The number of hydrogen-bond donors (Lipinski definition) is 0. The summed E-state index contributed by atoms with van der Waals surface area (Å²) in [7, 11) is 2.19. The van der Waals surface area contributed by atoms with Crippen LogP contribution in [0.4, 0.5) is 0 Å². The molecule has 0 N–H and O–H groups in total. The van der Waals surface area contributed by atoms with E-state index in [1.807, 2.05) is 18.1 Å². The maximum Gasteiger partial charge on any atom is 0.0451 e. The van der Waals surface area contributed by atoms with Crippen molar-refractivity contribution in [1.82, 2.24) is 14.2 Å². The van der Waals surface area contributed by atoms with E-state index in [2.05, 4.69) is 52.4 Å². The summed E-state index contributed by atoms with van der Waals surface area (Å²) in [6.07, 6.45) is 1.91. The average molecular weight is 273 g/mol. The number of likely N-dealkylation sites (N-methyl/N-ethyl adjacent to an activating group) is 1. The molecule has 0 unspecified atom stereocenters. The fourth-order valence-electron chi connectivity index (χ4n) is 2.42. The van der Waals surface area contributed by atoms with Gasteiger partial charge in [0.1, 0.15) is 0 Å². The summed E-state index contributed by atoms with van der Waals surface area (Å²) in [6.45, 7) is 6.63. The maximum atomic E-state index is 4.38. The van der Waals surface area contributed by atoms with Crippen molar-refractivity contribution < 1.29 is 0 Å². The van der Waals surface area contributed by atoms with Gasteiger partial charge in [-0.3, -0.25) is 4.98 Å². The Bertz CT molecular complexity index is 577. The number of pyridine rings is 1. The highest BCUT2D eigenvalue weighted by molar-refractivity contribution is 7.97. The molecule has 0 radical (unpaired) electrons. The van der Waals surface area contributed by atoms with E-state index in [1.165, 1.54) is 15.7 Å². The summed E-state index contributed by atoms with van der Waals surface area (Å²) in [5, 5.41) is 2.58. The van der Waals surface area contributed by atoms with Crippen molar-refractivity contribution in [2.24, 2.45) is 0 Å². The van der Waals surface area contributed by atoms with Crippen molar-refractivity contribution in [3.05, 3.63) is 36.2 Å². The first-order valence-electron chi connectivity index (χ1n) is 6.70. The van der Waals surface area contributed by atoms with Crippen LogP contribution in [-0.4, -0.2) is 47.4 Å². The molecule has 0 spiro atoms. The Morgan fingerprint density at radius 1 is 1.05 bits per heavy atom. The molecule has 2 aromatic rings. The van der Waals surface area contributed by atoms with Crippen molar-refractivity contribution in [3.63, 3.8) is 0 Å². The van der Waals surface area contributed by atoms with Crippen LogP contribution in [0, 0.1) is 6.92 Å². The Morgan fingerprint density at radius 2 is 1.84 bits per heavy atom. The zero-order chi connectivity index (χ0) is 13.2. The van der Waals surface area contributed by atoms with E-state index < -0.39 is 0 Å².